The quantitative estimate of drug-likeness (QED) is 0.513. The summed E-state index contributed by atoms with van der Waals surface area (Å²) in [5, 5.41) is 8.90. The number of carbonyl (C=O) groups excluding carboxylic acids is 1. The van der Waals surface area contributed by atoms with Gasteiger partial charge in [0.25, 0.3) is 5.91 Å². The summed E-state index contributed by atoms with van der Waals surface area (Å²) in [6, 6.07) is 9.14. The van der Waals surface area contributed by atoms with Gasteiger partial charge in [0.05, 0.1) is 17.9 Å². The Labute approximate surface area is 226 Å². The van der Waals surface area contributed by atoms with Gasteiger partial charge in [0, 0.05) is 75.9 Å². The van der Waals surface area contributed by atoms with Gasteiger partial charge in [-0.05, 0) is 45.6 Å². The van der Waals surface area contributed by atoms with Crippen LogP contribution in [0, 0.1) is 0 Å². The molecule has 1 unspecified atom stereocenters. The van der Waals surface area contributed by atoms with Gasteiger partial charge in [-0.25, -0.2) is 8.42 Å². The lowest BCUT2D eigenvalue weighted by atomic mass is 9.96. The second-order valence-electron chi connectivity index (χ2n) is 11.4. The van der Waals surface area contributed by atoms with Gasteiger partial charge >= 0.3 is 0 Å². The molecule has 210 valence electrons. The van der Waals surface area contributed by atoms with Crippen LogP contribution in [0.15, 0.2) is 24.3 Å². The summed E-state index contributed by atoms with van der Waals surface area (Å²) in [6.07, 6.45) is 5.52. The van der Waals surface area contributed by atoms with Crippen LogP contribution in [0.2, 0.25) is 0 Å². The Balaban J connectivity index is 1.17. The summed E-state index contributed by atoms with van der Waals surface area (Å²) in [4.78, 5) is 18.2. The molecule has 3 fully saturated rings. The molecule has 4 heterocycles. The summed E-state index contributed by atoms with van der Waals surface area (Å²) in [6.45, 7) is 8.36. The Hall–Kier alpha value is -2.05. The molecule has 2 bridgehead atoms. The molecule has 2 aromatic rings. The lowest BCUT2D eigenvalue weighted by Gasteiger charge is -2.41. The molecule has 0 radical (unpaired) electrons. The van der Waals surface area contributed by atoms with Crippen LogP contribution < -0.4 is 5.32 Å². The van der Waals surface area contributed by atoms with Gasteiger partial charge in [0.2, 0.25) is 10.0 Å². The molecule has 0 aliphatic carbocycles. The van der Waals surface area contributed by atoms with E-state index in [1.165, 1.54) is 6.26 Å². The minimum atomic E-state index is -3.13. The van der Waals surface area contributed by atoms with Gasteiger partial charge in [-0.3, -0.25) is 19.3 Å². The van der Waals surface area contributed by atoms with Gasteiger partial charge < -0.3 is 10.1 Å². The number of nitrogens with one attached hydrogen (secondary N) is 1. The number of ether oxygens (including phenoxy) is 1. The van der Waals surface area contributed by atoms with Crippen LogP contribution in [0.1, 0.15) is 56.1 Å². The standard InChI is InChI=1S/C27H42N6O4S/c1-19(2)33-25-8-6-5-7-24(25)26(29-33)27(34)28-20-15-21-9-10-22(16-20)32(21)18-23(37-3)17-30-11-13-31(14-12-30)38(4,35)36/h5-8,19-23H,9-18H2,1-4H3,(H,28,34)/t21-,22-,23?/m0/s1. The Morgan fingerprint density at radius 1 is 1.08 bits per heavy atom. The summed E-state index contributed by atoms with van der Waals surface area (Å²) >= 11 is 0. The Bertz CT molecular complexity index is 1230. The second kappa shape index (κ2) is 11.2. The largest absolute Gasteiger partial charge is 0.379 e. The zero-order valence-corrected chi connectivity index (χ0v) is 23.9. The normalized spacial score (nSPS) is 26.3. The smallest absolute Gasteiger partial charge is 0.272 e. The number of piperidine rings is 1. The number of piperazine rings is 1. The van der Waals surface area contributed by atoms with Crippen molar-refractivity contribution in [2.75, 3.05) is 52.6 Å². The van der Waals surface area contributed by atoms with Crippen molar-refractivity contribution in [2.24, 2.45) is 0 Å². The highest BCUT2D eigenvalue weighted by molar-refractivity contribution is 7.88. The molecule has 3 aliphatic rings. The first kappa shape index (κ1) is 27.5. The minimum absolute atomic E-state index is 0.0698. The summed E-state index contributed by atoms with van der Waals surface area (Å²) < 4.78 is 33.0. The van der Waals surface area contributed by atoms with Gasteiger partial charge in [0.1, 0.15) is 0 Å². The highest BCUT2D eigenvalue weighted by atomic mass is 32.2. The van der Waals surface area contributed by atoms with Crippen molar-refractivity contribution in [1.29, 1.82) is 0 Å². The highest BCUT2D eigenvalue weighted by Crippen LogP contribution is 2.36. The van der Waals surface area contributed by atoms with E-state index in [2.05, 4.69) is 34.1 Å². The van der Waals surface area contributed by atoms with E-state index in [0.29, 0.717) is 30.9 Å². The molecular weight excluding hydrogens is 504 g/mol. The van der Waals surface area contributed by atoms with Crippen LogP contribution in [0.3, 0.4) is 0 Å². The minimum Gasteiger partial charge on any atom is -0.379 e. The molecule has 3 atom stereocenters. The van der Waals surface area contributed by atoms with Crippen molar-refractivity contribution < 1.29 is 17.9 Å². The first-order valence-corrected chi connectivity index (χ1v) is 15.7. The maximum absolute atomic E-state index is 13.3. The predicted molar refractivity (Wildman–Crippen MR) is 148 cm³/mol. The molecule has 3 aliphatic heterocycles. The fourth-order valence-electron chi connectivity index (χ4n) is 6.57. The van der Waals surface area contributed by atoms with Crippen LogP contribution in [0.4, 0.5) is 0 Å². The average molecular weight is 547 g/mol. The molecule has 10 nitrogen and oxygen atoms in total. The summed E-state index contributed by atoms with van der Waals surface area (Å²) in [5.74, 6) is -0.0820. The molecule has 1 aromatic heterocycles. The van der Waals surface area contributed by atoms with Gasteiger partial charge in [0.15, 0.2) is 5.69 Å². The van der Waals surface area contributed by atoms with Crippen molar-refractivity contribution in [1.82, 2.24) is 29.2 Å². The number of hydrogen-bond donors (Lipinski definition) is 1. The van der Waals surface area contributed by atoms with Crippen LogP contribution >= 0.6 is 0 Å². The Morgan fingerprint density at radius 2 is 1.74 bits per heavy atom. The van der Waals surface area contributed by atoms with E-state index in [0.717, 1.165) is 62.8 Å². The van der Waals surface area contributed by atoms with Crippen LogP contribution in [0.25, 0.3) is 10.9 Å². The topological polar surface area (TPSA) is 100 Å². The monoisotopic (exact) mass is 546 g/mol. The van der Waals surface area contributed by atoms with E-state index < -0.39 is 10.0 Å². The number of rotatable bonds is 9. The maximum atomic E-state index is 13.3. The molecule has 0 saturated carbocycles. The first-order valence-electron chi connectivity index (χ1n) is 13.9. The van der Waals surface area contributed by atoms with Gasteiger partial charge in [-0.1, -0.05) is 18.2 Å². The zero-order chi connectivity index (χ0) is 27.0. The van der Waals surface area contributed by atoms with E-state index in [9.17, 15) is 13.2 Å². The maximum Gasteiger partial charge on any atom is 0.272 e. The van der Waals surface area contributed by atoms with Crippen molar-refractivity contribution in [3.05, 3.63) is 30.0 Å². The van der Waals surface area contributed by atoms with Crippen molar-refractivity contribution in [3.8, 4) is 0 Å². The number of hydrogen-bond acceptors (Lipinski definition) is 7. The predicted octanol–water partition coefficient (Wildman–Crippen LogP) is 1.93. The van der Waals surface area contributed by atoms with E-state index in [-0.39, 0.29) is 24.1 Å². The van der Waals surface area contributed by atoms with Gasteiger partial charge in [-0.2, -0.15) is 9.40 Å². The van der Waals surface area contributed by atoms with Crippen molar-refractivity contribution in [3.63, 3.8) is 0 Å². The number of amides is 1. The number of carbonyl (C=O) groups is 1. The van der Waals surface area contributed by atoms with E-state index >= 15 is 0 Å². The van der Waals surface area contributed by atoms with Crippen molar-refractivity contribution in [2.45, 2.75) is 69.8 Å². The lowest BCUT2D eigenvalue weighted by molar-refractivity contribution is 0.00306. The number of nitrogens with zero attached hydrogens (tertiary/aromatic N) is 5. The number of sulfonamides is 1. The second-order valence-corrected chi connectivity index (χ2v) is 13.4. The zero-order valence-electron chi connectivity index (χ0n) is 23.0. The molecular formula is C27H42N6O4S. The third kappa shape index (κ3) is 5.77. The average Bonchev–Trinajstić information content (AvgIpc) is 3.38. The number of methoxy groups -OCH3 is 1. The molecule has 1 amide bonds. The molecule has 38 heavy (non-hydrogen) atoms. The summed E-state index contributed by atoms with van der Waals surface area (Å²) in [5.41, 5.74) is 1.50. The SMILES string of the molecule is COC(CN1CCN(S(C)(=O)=O)CC1)CN1[C@H]2CC[C@H]1CC(NC(=O)c1nn(C(C)C)c3ccccc13)C2. The third-order valence-electron chi connectivity index (χ3n) is 8.55. The molecule has 1 aromatic carbocycles. The van der Waals surface area contributed by atoms with Crippen LogP contribution in [-0.4, -0.2) is 115 Å². The molecule has 0 spiro atoms. The molecule has 11 heteroatoms. The molecule has 5 rings (SSSR count). The van der Waals surface area contributed by atoms with Crippen LogP contribution in [0.5, 0.6) is 0 Å². The van der Waals surface area contributed by atoms with Crippen LogP contribution in [-0.2, 0) is 14.8 Å². The highest BCUT2D eigenvalue weighted by Gasteiger charge is 2.42. The summed E-state index contributed by atoms with van der Waals surface area (Å²) in [7, 11) is -1.35. The third-order valence-corrected chi connectivity index (χ3v) is 9.85. The molecule has 3 saturated heterocycles. The van der Waals surface area contributed by atoms with E-state index in [1.54, 1.807) is 11.4 Å². The Kier molecular flexibility index (Phi) is 8.12. The number of aromatic nitrogens is 2. The van der Waals surface area contributed by atoms with E-state index in [4.69, 9.17) is 4.74 Å². The number of para-hydroxylation sites is 1. The fraction of sp³-hybridized carbons (Fsp3) is 0.704. The van der Waals surface area contributed by atoms with Gasteiger partial charge in [-0.15, -0.1) is 0 Å². The Morgan fingerprint density at radius 3 is 2.34 bits per heavy atom. The fourth-order valence-corrected chi connectivity index (χ4v) is 7.39. The molecule has 1 N–H and O–H groups in total. The van der Waals surface area contributed by atoms with E-state index in [1.807, 2.05) is 28.9 Å². The van der Waals surface area contributed by atoms with Crippen molar-refractivity contribution >= 4 is 26.8 Å². The first-order chi connectivity index (χ1) is 18.1. The lowest BCUT2D eigenvalue weighted by Crippen LogP contribution is -2.55. The number of fused-ring (bicyclic) bond motifs is 3. The number of benzene rings is 1.